The number of hydrogen-bond donors (Lipinski definition) is 2. The maximum absolute atomic E-state index is 13.7. The zero-order valence-electron chi connectivity index (χ0n) is 23.0. The SMILES string of the molecule is COc1ccc(NC(=O)c2c(NC(=O)CN3CCC(C)CC3)sc3c2CC[C@H](C(C)(C)C)C3)c(OC)c1. The van der Waals surface area contributed by atoms with E-state index in [1.807, 2.05) is 0 Å². The number of nitrogens with one attached hydrogen (secondary N) is 2. The predicted molar refractivity (Wildman–Crippen MR) is 150 cm³/mol. The highest BCUT2D eigenvalue weighted by molar-refractivity contribution is 7.17. The normalized spacial score (nSPS) is 18.7. The van der Waals surface area contributed by atoms with E-state index in [9.17, 15) is 9.59 Å². The number of anilines is 2. The number of hydrogen-bond acceptors (Lipinski definition) is 6. The zero-order valence-corrected chi connectivity index (χ0v) is 23.8. The van der Waals surface area contributed by atoms with Gasteiger partial charge < -0.3 is 20.1 Å². The highest BCUT2D eigenvalue weighted by atomic mass is 32.1. The summed E-state index contributed by atoms with van der Waals surface area (Å²) in [5, 5.41) is 6.80. The first-order chi connectivity index (χ1) is 17.6. The van der Waals surface area contributed by atoms with E-state index in [0.29, 0.717) is 46.1 Å². The fraction of sp³-hybridized carbons (Fsp3) is 0.586. The van der Waals surface area contributed by atoms with Crippen molar-refractivity contribution in [2.45, 2.75) is 59.8 Å². The molecule has 1 saturated heterocycles. The Balaban J connectivity index is 1.60. The number of fused-ring (bicyclic) bond motifs is 1. The molecule has 2 N–H and O–H groups in total. The summed E-state index contributed by atoms with van der Waals surface area (Å²) >= 11 is 1.56. The van der Waals surface area contributed by atoms with E-state index >= 15 is 0 Å². The predicted octanol–water partition coefficient (Wildman–Crippen LogP) is 5.84. The Morgan fingerprint density at radius 1 is 1.08 bits per heavy atom. The van der Waals surface area contributed by atoms with E-state index in [-0.39, 0.29) is 17.2 Å². The molecule has 2 aliphatic rings. The van der Waals surface area contributed by atoms with Crippen LogP contribution in [-0.4, -0.2) is 50.6 Å². The second-order valence-corrected chi connectivity index (χ2v) is 12.6. The van der Waals surface area contributed by atoms with Crippen molar-refractivity contribution >= 4 is 33.8 Å². The first-order valence-corrected chi connectivity index (χ1v) is 14.1. The minimum absolute atomic E-state index is 0.0587. The van der Waals surface area contributed by atoms with Crippen LogP contribution in [0, 0.1) is 17.3 Å². The molecule has 1 aromatic carbocycles. The lowest BCUT2D eigenvalue weighted by molar-refractivity contribution is -0.117. The minimum atomic E-state index is -0.225. The van der Waals surface area contributed by atoms with E-state index in [1.54, 1.807) is 43.8 Å². The molecule has 0 spiro atoms. The van der Waals surface area contributed by atoms with Crippen molar-refractivity contribution in [1.29, 1.82) is 0 Å². The summed E-state index contributed by atoms with van der Waals surface area (Å²) in [6, 6.07) is 5.31. The fourth-order valence-electron chi connectivity index (χ4n) is 5.33. The smallest absolute Gasteiger partial charge is 0.259 e. The summed E-state index contributed by atoms with van der Waals surface area (Å²) in [6.45, 7) is 11.3. The summed E-state index contributed by atoms with van der Waals surface area (Å²) in [6.07, 6.45) is 5.02. The lowest BCUT2D eigenvalue weighted by Crippen LogP contribution is -2.38. The van der Waals surface area contributed by atoms with Gasteiger partial charge in [-0.15, -0.1) is 11.3 Å². The van der Waals surface area contributed by atoms with Crippen LogP contribution in [0.1, 0.15) is 67.8 Å². The second-order valence-electron chi connectivity index (χ2n) is 11.5. The quantitative estimate of drug-likeness (QED) is 0.473. The van der Waals surface area contributed by atoms with Crippen molar-refractivity contribution in [3.8, 4) is 11.5 Å². The number of thiophene rings is 1. The van der Waals surface area contributed by atoms with E-state index in [4.69, 9.17) is 9.47 Å². The van der Waals surface area contributed by atoms with Crippen molar-refractivity contribution in [2.24, 2.45) is 17.3 Å². The number of methoxy groups -OCH3 is 2. The van der Waals surface area contributed by atoms with Crippen molar-refractivity contribution in [3.05, 3.63) is 34.2 Å². The van der Waals surface area contributed by atoms with Crippen LogP contribution in [0.2, 0.25) is 0 Å². The van der Waals surface area contributed by atoms with Gasteiger partial charge in [0.05, 0.1) is 32.0 Å². The number of carbonyl (C=O) groups excluding carboxylic acids is 2. The number of carbonyl (C=O) groups is 2. The molecule has 1 fully saturated rings. The van der Waals surface area contributed by atoms with Crippen LogP contribution < -0.4 is 20.1 Å². The van der Waals surface area contributed by atoms with Crippen LogP contribution >= 0.6 is 11.3 Å². The minimum Gasteiger partial charge on any atom is -0.497 e. The van der Waals surface area contributed by atoms with E-state index in [0.717, 1.165) is 50.8 Å². The molecule has 2 heterocycles. The molecule has 0 unspecified atom stereocenters. The number of benzene rings is 1. The Bertz CT molecular complexity index is 1130. The summed E-state index contributed by atoms with van der Waals surface area (Å²) in [5.74, 6) is 2.14. The molecule has 202 valence electrons. The van der Waals surface area contributed by atoms with Crippen LogP contribution in [-0.2, 0) is 17.6 Å². The summed E-state index contributed by atoms with van der Waals surface area (Å²) < 4.78 is 10.8. The van der Waals surface area contributed by atoms with Crippen LogP contribution in [0.25, 0.3) is 0 Å². The molecule has 1 atom stereocenters. The first kappa shape index (κ1) is 27.5. The Labute approximate surface area is 224 Å². The molecule has 8 heteroatoms. The molecule has 2 amide bonds. The number of amides is 2. The number of likely N-dealkylation sites (tertiary alicyclic amines) is 1. The number of piperidine rings is 1. The van der Waals surface area contributed by atoms with Gasteiger partial charge in [0.1, 0.15) is 16.5 Å². The van der Waals surface area contributed by atoms with Crippen molar-refractivity contribution in [2.75, 3.05) is 44.5 Å². The highest BCUT2D eigenvalue weighted by Gasteiger charge is 2.34. The van der Waals surface area contributed by atoms with Gasteiger partial charge >= 0.3 is 0 Å². The largest absolute Gasteiger partial charge is 0.497 e. The molecule has 0 saturated carbocycles. The van der Waals surface area contributed by atoms with Gasteiger partial charge in [-0.25, -0.2) is 0 Å². The van der Waals surface area contributed by atoms with Crippen molar-refractivity contribution < 1.29 is 19.1 Å². The van der Waals surface area contributed by atoms with Gasteiger partial charge in [0.15, 0.2) is 0 Å². The maximum Gasteiger partial charge on any atom is 0.259 e. The summed E-state index contributed by atoms with van der Waals surface area (Å²) in [4.78, 5) is 30.2. The molecule has 0 bridgehead atoms. The van der Waals surface area contributed by atoms with Crippen molar-refractivity contribution in [3.63, 3.8) is 0 Å². The molecule has 1 aliphatic carbocycles. The van der Waals surface area contributed by atoms with Gasteiger partial charge in [0.2, 0.25) is 5.91 Å². The second kappa shape index (κ2) is 11.4. The third-order valence-electron chi connectivity index (χ3n) is 7.87. The van der Waals surface area contributed by atoms with Crippen LogP contribution in [0.5, 0.6) is 11.5 Å². The van der Waals surface area contributed by atoms with Gasteiger partial charge in [-0.05, 0) is 80.1 Å². The fourth-order valence-corrected chi connectivity index (χ4v) is 6.67. The standard InChI is InChI=1S/C29H41N3O4S/c1-18-11-13-32(14-12-18)17-25(33)31-28-26(21-9-7-19(29(2,3)4)15-24(21)37-28)27(34)30-22-10-8-20(35-5)16-23(22)36-6/h8,10,16,18-19H,7,9,11-15,17H2,1-6H3,(H,30,34)(H,31,33)/t19-/m0/s1. The Morgan fingerprint density at radius 3 is 2.46 bits per heavy atom. The van der Waals surface area contributed by atoms with Gasteiger partial charge in [-0.2, -0.15) is 0 Å². The molecule has 2 aromatic rings. The molecule has 1 aliphatic heterocycles. The average Bonchev–Trinajstić information content (AvgIpc) is 3.22. The van der Waals surface area contributed by atoms with Crippen LogP contribution in [0.15, 0.2) is 18.2 Å². The third kappa shape index (κ3) is 6.47. The highest BCUT2D eigenvalue weighted by Crippen LogP contribution is 2.44. The van der Waals surface area contributed by atoms with Gasteiger partial charge in [0.25, 0.3) is 5.91 Å². The number of ether oxygens (including phenoxy) is 2. The van der Waals surface area contributed by atoms with E-state index < -0.39 is 0 Å². The Kier molecular flexibility index (Phi) is 8.49. The van der Waals surface area contributed by atoms with E-state index in [2.05, 4.69) is 43.2 Å². The topological polar surface area (TPSA) is 79.9 Å². The Hall–Kier alpha value is -2.58. The lowest BCUT2D eigenvalue weighted by Gasteiger charge is -2.33. The molecule has 37 heavy (non-hydrogen) atoms. The van der Waals surface area contributed by atoms with Crippen LogP contribution in [0.4, 0.5) is 10.7 Å². The van der Waals surface area contributed by atoms with Crippen LogP contribution in [0.3, 0.4) is 0 Å². The Morgan fingerprint density at radius 2 is 1.81 bits per heavy atom. The lowest BCUT2D eigenvalue weighted by atomic mass is 9.72. The molecule has 0 radical (unpaired) electrons. The first-order valence-electron chi connectivity index (χ1n) is 13.3. The molecular formula is C29H41N3O4S. The molecule has 4 rings (SSSR count). The van der Waals surface area contributed by atoms with Gasteiger partial charge in [0, 0.05) is 10.9 Å². The zero-order chi connectivity index (χ0) is 26.7. The summed E-state index contributed by atoms with van der Waals surface area (Å²) in [7, 11) is 3.16. The maximum atomic E-state index is 13.7. The van der Waals surface area contributed by atoms with Gasteiger partial charge in [-0.1, -0.05) is 27.7 Å². The monoisotopic (exact) mass is 527 g/mol. The number of rotatable bonds is 7. The molecular weight excluding hydrogens is 486 g/mol. The average molecular weight is 528 g/mol. The third-order valence-corrected chi connectivity index (χ3v) is 9.04. The van der Waals surface area contributed by atoms with E-state index in [1.165, 1.54) is 4.88 Å². The van der Waals surface area contributed by atoms with Gasteiger partial charge in [-0.3, -0.25) is 14.5 Å². The molecule has 7 nitrogen and oxygen atoms in total. The summed E-state index contributed by atoms with van der Waals surface area (Å²) in [5.41, 5.74) is 2.41. The number of nitrogens with zero attached hydrogens (tertiary/aromatic N) is 1. The van der Waals surface area contributed by atoms with Crippen molar-refractivity contribution in [1.82, 2.24) is 4.90 Å². The molecule has 1 aromatic heterocycles.